The fraction of sp³-hybridized carbons (Fsp3) is 0.0556. The summed E-state index contributed by atoms with van der Waals surface area (Å²) in [4.78, 5) is 23.2. The minimum Gasteiger partial charge on any atom is -0.478 e. The summed E-state index contributed by atoms with van der Waals surface area (Å²) in [6.45, 7) is 1.93. The van der Waals surface area contributed by atoms with Gasteiger partial charge < -0.3 is 10.2 Å². The van der Waals surface area contributed by atoms with E-state index in [9.17, 15) is 19.8 Å². The summed E-state index contributed by atoms with van der Waals surface area (Å²) in [6.07, 6.45) is 0. The van der Waals surface area contributed by atoms with E-state index in [1.54, 1.807) is 42.5 Å². The lowest BCUT2D eigenvalue weighted by molar-refractivity contribution is 0.0648. The highest BCUT2D eigenvalue weighted by atomic mass is 16.4. The smallest absolute Gasteiger partial charge is 0.357 e. The second-order valence-electron chi connectivity index (χ2n) is 5.30. The molecule has 0 amide bonds. The van der Waals surface area contributed by atoms with Crippen LogP contribution in [0.25, 0.3) is 16.9 Å². The van der Waals surface area contributed by atoms with E-state index in [2.05, 4.69) is 5.10 Å². The van der Waals surface area contributed by atoms with Crippen LogP contribution >= 0.6 is 0 Å². The van der Waals surface area contributed by atoms with Crippen LogP contribution in [0.4, 0.5) is 0 Å². The average molecular weight is 322 g/mol. The summed E-state index contributed by atoms with van der Waals surface area (Å²) >= 11 is 0. The lowest BCUT2D eigenvalue weighted by Crippen LogP contribution is -2.07. The highest BCUT2D eigenvalue weighted by Gasteiger charge is 2.29. The second kappa shape index (κ2) is 6.00. The summed E-state index contributed by atoms with van der Waals surface area (Å²) in [6, 6.07) is 16.0. The van der Waals surface area contributed by atoms with E-state index in [1.165, 1.54) is 4.68 Å². The summed E-state index contributed by atoms with van der Waals surface area (Å²) in [5, 5.41) is 22.9. The van der Waals surface area contributed by atoms with Crippen LogP contribution in [-0.2, 0) is 0 Å². The van der Waals surface area contributed by atoms with Gasteiger partial charge >= 0.3 is 11.9 Å². The van der Waals surface area contributed by atoms with Gasteiger partial charge in [-0.2, -0.15) is 5.10 Å². The number of aryl methyl sites for hydroxylation is 1. The molecule has 1 heterocycles. The molecule has 0 saturated heterocycles. The van der Waals surface area contributed by atoms with E-state index in [0.717, 1.165) is 5.56 Å². The SMILES string of the molecule is Cc1ccc(-n2nc(C(=O)O)c(C(=O)O)c2-c2ccccc2)cc1. The number of carbonyl (C=O) groups is 2. The van der Waals surface area contributed by atoms with Crippen molar-refractivity contribution in [3.63, 3.8) is 0 Å². The van der Waals surface area contributed by atoms with E-state index >= 15 is 0 Å². The molecule has 2 N–H and O–H groups in total. The molecule has 3 aromatic rings. The van der Waals surface area contributed by atoms with Gasteiger partial charge in [-0.3, -0.25) is 0 Å². The van der Waals surface area contributed by atoms with Crippen molar-refractivity contribution in [2.45, 2.75) is 6.92 Å². The fourth-order valence-corrected chi connectivity index (χ4v) is 2.51. The van der Waals surface area contributed by atoms with Gasteiger partial charge in [-0.15, -0.1) is 0 Å². The van der Waals surface area contributed by atoms with Gasteiger partial charge in [-0.05, 0) is 19.1 Å². The Morgan fingerprint density at radius 3 is 2.08 bits per heavy atom. The molecular weight excluding hydrogens is 308 g/mol. The molecule has 0 aliphatic rings. The minimum absolute atomic E-state index is 0.240. The Kier molecular flexibility index (Phi) is 3.87. The van der Waals surface area contributed by atoms with Crippen LogP contribution < -0.4 is 0 Å². The number of carboxylic acid groups (broad SMARTS) is 2. The summed E-state index contributed by atoms with van der Waals surface area (Å²) < 4.78 is 1.36. The van der Waals surface area contributed by atoms with Gasteiger partial charge in [-0.25, -0.2) is 14.3 Å². The van der Waals surface area contributed by atoms with Crippen molar-refractivity contribution in [1.82, 2.24) is 9.78 Å². The summed E-state index contributed by atoms with van der Waals surface area (Å²) in [5.74, 6) is -2.71. The predicted octanol–water partition coefficient (Wildman–Crippen LogP) is 3.24. The molecular formula is C18H14N2O4. The van der Waals surface area contributed by atoms with Crippen LogP contribution in [0.3, 0.4) is 0 Å². The first-order valence-electron chi connectivity index (χ1n) is 7.21. The van der Waals surface area contributed by atoms with Gasteiger partial charge in [-0.1, -0.05) is 48.0 Å². The van der Waals surface area contributed by atoms with E-state index in [0.29, 0.717) is 11.3 Å². The van der Waals surface area contributed by atoms with Crippen molar-refractivity contribution in [1.29, 1.82) is 0 Å². The normalized spacial score (nSPS) is 10.5. The van der Waals surface area contributed by atoms with Gasteiger partial charge in [0, 0.05) is 5.56 Å². The Morgan fingerprint density at radius 1 is 0.917 bits per heavy atom. The van der Waals surface area contributed by atoms with E-state index in [4.69, 9.17) is 0 Å². The Morgan fingerprint density at radius 2 is 1.54 bits per heavy atom. The monoisotopic (exact) mass is 322 g/mol. The largest absolute Gasteiger partial charge is 0.478 e. The molecule has 3 rings (SSSR count). The molecule has 0 saturated carbocycles. The fourth-order valence-electron chi connectivity index (χ4n) is 2.51. The number of benzene rings is 2. The molecule has 0 bridgehead atoms. The first-order chi connectivity index (χ1) is 11.5. The average Bonchev–Trinajstić information content (AvgIpc) is 2.97. The zero-order valence-corrected chi connectivity index (χ0v) is 12.8. The van der Waals surface area contributed by atoms with Crippen LogP contribution in [0.5, 0.6) is 0 Å². The molecule has 6 nitrogen and oxygen atoms in total. The van der Waals surface area contributed by atoms with Gasteiger partial charge in [0.15, 0.2) is 5.69 Å². The van der Waals surface area contributed by atoms with Crippen LogP contribution in [0.1, 0.15) is 26.4 Å². The maximum Gasteiger partial charge on any atom is 0.357 e. The molecule has 0 aliphatic carbocycles. The molecule has 0 unspecified atom stereocenters. The molecule has 0 aliphatic heterocycles. The first-order valence-corrected chi connectivity index (χ1v) is 7.21. The molecule has 24 heavy (non-hydrogen) atoms. The van der Waals surface area contributed by atoms with Crippen molar-refractivity contribution in [2.24, 2.45) is 0 Å². The number of rotatable bonds is 4. The summed E-state index contributed by atoms with van der Waals surface area (Å²) in [7, 11) is 0. The Bertz CT molecular complexity index is 912. The topological polar surface area (TPSA) is 92.4 Å². The van der Waals surface area contributed by atoms with Crippen LogP contribution in [0.2, 0.25) is 0 Å². The zero-order valence-electron chi connectivity index (χ0n) is 12.8. The van der Waals surface area contributed by atoms with Gasteiger partial charge in [0.2, 0.25) is 0 Å². The molecule has 0 spiro atoms. The standard InChI is InChI=1S/C18H14N2O4/c1-11-7-9-13(10-8-11)20-16(12-5-3-2-4-6-12)14(17(21)22)15(19-20)18(23)24/h2-10H,1H3,(H,21,22)(H,23,24). The number of aromatic nitrogens is 2. The minimum atomic E-state index is -1.38. The Labute approximate surface area is 137 Å². The van der Waals surface area contributed by atoms with Crippen molar-refractivity contribution in [3.8, 4) is 16.9 Å². The third-order valence-electron chi connectivity index (χ3n) is 3.63. The highest BCUT2D eigenvalue weighted by Crippen LogP contribution is 2.29. The maximum absolute atomic E-state index is 11.7. The van der Waals surface area contributed by atoms with Crippen LogP contribution in [0.15, 0.2) is 54.6 Å². The van der Waals surface area contributed by atoms with E-state index in [1.807, 2.05) is 19.1 Å². The van der Waals surface area contributed by atoms with Crippen LogP contribution in [-0.4, -0.2) is 31.9 Å². The maximum atomic E-state index is 11.7. The lowest BCUT2D eigenvalue weighted by Gasteiger charge is -2.09. The number of hydrogen-bond acceptors (Lipinski definition) is 3. The molecule has 1 aromatic heterocycles. The molecule has 120 valence electrons. The van der Waals surface area contributed by atoms with E-state index < -0.39 is 17.6 Å². The Balaban J connectivity index is 2.36. The predicted molar refractivity (Wildman–Crippen MR) is 87.7 cm³/mol. The molecule has 0 atom stereocenters. The highest BCUT2D eigenvalue weighted by molar-refractivity contribution is 6.05. The Hall–Kier alpha value is -3.41. The number of aromatic carboxylic acids is 2. The molecule has 0 radical (unpaired) electrons. The van der Waals surface area contributed by atoms with Gasteiger partial charge in [0.05, 0.1) is 11.4 Å². The molecule has 0 fully saturated rings. The van der Waals surface area contributed by atoms with Crippen molar-refractivity contribution in [2.75, 3.05) is 0 Å². The van der Waals surface area contributed by atoms with E-state index in [-0.39, 0.29) is 11.3 Å². The zero-order chi connectivity index (χ0) is 17.3. The molecule has 6 heteroatoms. The first kappa shape index (κ1) is 15.5. The van der Waals surface area contributed by atoms with Crippen molar-refractivity contribution < 1.29 is 19.8 Å². The van der Waals surface area contributed by atoms with Crippen LogP contribution in [0, 0.1) is 6.92 Å². The summed E-state index contributed by atoms with van der Waals surface area (Å²) in [5.41, 5.74) is 1.63. The number of nitrogens with zero attached hydrogens (tertiary/aromatic N) is 2. The molecule has 2 aromatic carbocycles. The second-order valence-corrected chi connectivity index (χ2v) is 5.30. The number of hydrogen-bond donors (Lipinski definition) is 2. The van der Waals surface area contributed by atoms with Gasteiger partial charge in [0.1, 0.15) is 5.56 Å². The van der Waals surface area contributed by atoms with Gasteiger partial charge in [0.25, 0.3) is 0 Å². The van der Waals surface area contributed by atoms with Crippen molar-refractivity contribution >= 4 is 11.9 Å². The third kappa shape index (κ3) is 2.65. The quantitative estimate of drug-likeness (QED) is 0.769. The number of carboxylic acids is 2. The lowest BCUT2D eigenvalue weighted by atomic mass is 10.1. The third-order valence-corrected chi connectivity index (χ3v) is 3.63. The van der Waals surface area contributed by atoms with Crippen molar-refractivity contribution in [3.05, 3.63) is 71.4 Å².